The van der Waals surface area contributed by atoms with Crippen molar-refractivity contribution in [2.75, 3.05) is 10.6 Å². The average molecular weight is 396 g/mol. The van der Waals surface area contributed by atoms with Gasteiger partial charge in [0.1, 0.15) is 11.5 Å². The SMILES string of the molecule is O=C(Oc1ccccc1)Oc1ccc(Nc2ccc(Nc3ccccc3)cc2)cc1. The van der Waals surface area contributed by atoms with E-state index in [0.29, 0.717) is 11.5 Å². The Balaban J connectivity index is 1.31. The predicted molar refractivity (Wildman–Crippen MR) is 119 cm³/mol. The van der Waals surface area contributed by atoms with Gasteiger partial charge >= 0.3 is 6.16 Å². The summed E-state index contributed by atoms with van der Waals surface area (Å²) in [5.74, 6) is 0.842. The highest BCUT2D eigenvalue weighted by Gasteiger charge is 2.07. The summed E-state index contributed by atoms with van der Waals surface area (Å²) in [5.41, 5.74) is 3.88. The van der Waals surface area contributed by atoms with Gasteiger partial charge in [-0.25, -0.2) is 4.79 Å². The Morgan fingerprint density at radius 3 is 1.33 bits per heavy atom. The van der Waals surface area contributed by atoms with Crippen molar-refractivity contribution in [3.8, 4) is 11.5 Å². The van der Waals surface area contributed by atoms with Crippen LogP contribution in [-0.4, -0.2) is 6.16 Å². The molecule has 0 aromatic heterocycles. The summed E-state index contributed by atoms with van der Waals surface area (Å²) in [6.45, 7) is 0. The summed E-state index contributed by atoms with van der Waals surface area (Å²) >= 11 is 0. The maximum atomic E-state index is 11.9. The second-order valence-corrected chi connectivity index (χ2v) is 6.48. The molecule has 0 amide bonds. The molecule has 0 unspecified atom stereocenters. The summed E-state index contributed by atoms with van der Waals surface area (Å²) in [4.78, 5) is 11.9. The van der Waals surface area contributed by atoms with E-state index >= 15 is 0 Å². The third kappa shape index (κ3) is 5.39. The first-order valence-corrected chi connectivity index (χ1v) is 9.48. The number of carbonyl (C=O) groups is 1. The lowest BCUT2D eigenvalue weighted by molar-refractivity contribution is 0.152. The van der Waals surface area contributed by atoms with Gasteiger partial charge < -0.3 is 20.1 Å². The highest BCUT2D eigenvalue weighted by atomic mass is 16.7. The summed E-state index contributed by atoms with van der Waals surface area (Å²) < 4.78 is 10.3. The first-order valence-electron chi connectivity index (χ1n) is 9.48. The van der Waals surface area contributed by atoms with Crippen LogP contribution in [0.25, 0.3) is 0 Å². The van der Waals surface area contributed by atoms with Crippen molar-refractivity contribution >= 4 is 28.9 Å². The van der Waals surface area contributed by atoms with Crippen LogP contribution in [0.4, 0.5) is 27.5 Å². The van der Waals surface area contributed by atoms with E-state index in [2.05, 4.69) is 10.6 Å². The number of ether oxygens (including phenoxy) is 2. The lowest BCUT2D eigenvalue weighted by Crippen LogP contribution is -2.13. The van der Waals surface area contributed by atoms with E-state index in [-0.39, 0.29) is 0 Å². The van der Waals surface area contributed by atoms with E-state index in [1.165, 1.54) is 0 Å². The minimum Gasteiger partial charge on any atom is -0.395 e. The molecule has 0 saturated heterocycles. The third-order valence-electron chi connectivity index (χ3n) is 4.24. The molecule has 0 radical (unpaired) electrons. The van der Waals surface area contributed by atoms with Crippen LogP contribution in [0.5, 0.6) is 11.5 Å². The molecule has 4 aromatic rings. The Morgan fingerprint density at radius 1 is 0.467 bits per heavy atom. The number of hydrogen-bond acceptors (Lipinski definition) is 5. The average Bonchev–Trinajstić information content (AvgIpc) is 2.78. The zero-order valence-electron chi connectivity index (χ0n) is 16.1. The number of nitrogens with one attached hydrogen (secondary N) is 2. The van der Waals surface area contributed by atoms with Crippen molar-refractivity contribution in [2.24, 2.45) is 0 Å². The van der Waals surface area contributed by atoms with E-state index < -0.39 is 6.16 Å². The van der Waals surface area contributed by atoms with Crippen molar-refractivity contribution in [3.05, 3.63) is 109 Å². The molecule has 0 aliphatic heterocycles. The second kappa shape index (κ2) is 9.30. The van der Waals surface area contributed by atoms with Crippen molar-refractivity contribution < 1.29 is 14.3 Å². The Bertz CT molecular complexity index is 1080. The molecule has 0 heterocycles. The van der Waals surface area contributed by atoms with Crippen LogP contribution in [0, 0.1) is 0 Å². The first-order chi connectivity index (χ1) is 14.7. The van der Waals surface area contributed by atoms with E-state index in [0.717, 1.165) is 22.7 Å². The smallest absolute Gasteiger partial charge is 0.395 e. The van der Waals surface area contributed by atoms with Crippen LogP contribution in [0.3, 0.4) is 0 Å². The fourth-order valence-electron chi connectivity index (χ4n) is 2.80. The normalized spacial score (nSPS) is 10.1. The molecule has 0 fully saturated rings. The molecule has 4 rings (SSSR count). The first kappa shape index (κ1) is 19.1. The van der Waals surface area contributed by atoms with Gasteiger partial charge in [0.05, 0.1) is 0 Å². The minimum atomic E-state index is -0.775. The quantitative estimate of drug-likeness (QED) is 0.279. The molecule has 4 aromatic carbocycles. The Labute approximate surface area is 174 Å². The molecule has 148 valence electrons. The molecule has 0 bridgehead atoms. The maximum Gasteiger partial charge on any atom is 0.519 e. The van der Waals surface area contributed by atoms with Gasteiger partial charge in [-0.05, 0) is 72.8 Å². The highest BCUT2D eigenvalue weighted by molar-refractivity contribution is 5.69. The molecular weight excluding hydrogens is 376 g/mol. The highest BCUT2D eigenvalue weighted by Crippen LogP contribution is 2.23. The summed E-state index contributed by atoms with van der Waals surface area (Å²) in [6, 6.07) is 33.9. The summed E-state index contributed by atoms with van der Waals surface area (Å²) in [5, 5.41) is 6.67. The molecule has 5 nitrogen and oxygen atoms in total. The van der Waals surface area contributed by atoms with Gasteiger partial charge in [-0.15, -0.1) is 0 Å². The topological polar surface area (TPSA) is 59.6 Å². The molecule has 2 N–H and O–H groups in total. The lowest BCUT2D eigenvalue weighted by Gasteiger charge is -2.10. The van der Waals surface area contributed by atoms with Crippen molar-refractivity contribution in [1.29, 1.82) is 0 Å². The van der Waals surface area contributed by atoms with Crippen molar-refractivity contribution in [1.82, 2.24) is 0 Å². The Morgan fingerprint density at radius 2 is 0.833 bits per heavy atom. The summed E-state index contributed by atoms with van der Waals surface area (Å²) in [6.07, 6.45) is -0.775. The Kier molecular flexibility index (Phi) is 5.91. The predicted octanol–water partition coefficient (Wildman–Crippen LogP) is 6.75. The van der Waals surface area contributed by atoms with Crippen LogP contribution < -0.4 is 20.1 Å². The number of benzene rings is 4. The molecule has 5 heteroatoms. The number of para-hydroxylation sites is 2. The maximum absolute atomic E-state index is 11.9. The van der Waals surface area contributed by atoms with Crippen LogP contribution in [0.2, 0.25) is 0 Å². The zero-order chi connectivity index (χ0) is 20.6. The zero-order valence-corrected chi connectivity index (χ0v) is 16.1. The third-order valence-corrected chi connectivity index (χ3v) is 4.24. The van der Waals surface area contributed by atoms with E-state index in [1.54, 1.807) is 36.4 Å². The largest absolute Gasteiger partial charge is 0.519 e. The molecule has 0 aliphatic rings. The standard InChI is InChI=1S/C25H20N2O3/c28-25(29-23-9-5-2-6-10-23)30-24-17-15-22(16-18-24)27-21-13-11-20(12-14-21)26-19-7-3-1-4-8-19/h1-18,26-27H. The number of anilines is 4. The lowest BCUT2D eigenvalue weighted by atomic mass is 10.2. The molecule has 0 saturated carbocycles. The van der Waals surface area contributed by atoms with Crippen LogP contribution in [-0.2, 0) is 0 Å². The summed E-state index contributed by atoms with van der Waals surface area (Å²) in [7, 11) is 0. The minimum absolute atomic E-state index is 0.406. The number of hydrogen-bond donors (Lipinski definition) is 2. The molecule has 0 atom stereocenters. The van der Waals surface area contributed by atoms with E-state index in [1.807, 2.05) is 72.8 Å². The van der Waals surface area contributed by atoms with Crippen molar-refractivity contribution in [3.63, 3.8) is 0 Å². The molecule has 0 spiro atoms. The van der Waals surface area contributed by atoms with Gasteiger partial charge in [0.2, 0.25) is 0 Å². The van der Waals surface area contributed by atoms with Gasteiger partial charge in [-0.1, -0.05) is 36.4 Å². The van der Waals surface area contributed by atoms with Gasteiger partial charge in [-0.3, -0.25) is 0 Å². The Hall–Kier alpha value is -4.25. The van der Waals surface area contributed by atoms with Crippen LogP contribution in [0.15, 0.2) is 109 Å². The van der Waals surface area contributed by atoms with Crippen LogP contribution in [0.1, 0.15) is 0 Å². The van der Waals surface area contributed by atoms with E-state index in [9.17, 15) is 4.79 Å². The van der Waals surface area contributed by atoms with Crippen LogP contribution >= 0.6 is 0 Å². The van der Waals surface area contributed by atoms with E-state index in [4.69, 9.17) is 9.47 Å². The molecule has 0 aliphatic carbocycles. The van der Waals surface area contributed by atoms with Gasteiger partial charge in [0.15, 0.2) is 0 Å². The number of carbonyl (C=O) groups excluding carboxylic acids is 1. The van der Waals surface area contributed by atoms with Gasteiger partial charge in [-0.2, -0.15) is 0 Å². The fourth-order valence-corrected chi connectivity index (χ4v) is 2.80. The monoisotopic (exact) mass is 396 g/mol. The second-order valence-electron chi connectivity index (χ2n) is 6.48. The van der Waals surface area contributed by atoms with Crippen molar-refractivity contribution in [2.45, 2.75) is 0 Å². The number of rotatable bonds is 6. The fraction of sp³-hybridized carbons (Fsp3) is 0. The van der Waals surface area contributed by atoms with Gasteiger partial charge in [0, 0.05) is 22.7 Å². The molecular formula is C25H20N2O3. The van der Waals surface area contributed by atoms with Gasteiger partial charge in [0.25, 0.3) is 0 Å². The molecule has 30 heavy (non-hydrogen) atoms.